The Bertz CT molecular complexity index is 1960. The van der Waals surface area contributed by atoms with Gasteiger partial charge in [0.15, 0.2) is 0 Å². The Morgan fingerprint density at radius 3 is 1.26 bits per heavy atom. The molecule has 0 aliphatic heterocycles. The quantitative estimate of drug-likeness (QED) is 0.189. The van der Waals surface area contributed by atoms with Crippen molar-refractivity contribution >= 4 is 10.1 Å². The van der Waals surface area contributed by atoms with Crippen LogP contribution in [0, 0.1) is 27.7 Å². The first-order chi connectivity index (χ1) is 22.4. The number of fused-ring (bicyclic) bond motifs is 8. The molecule has 6 nitrogen and oxygen atoms in total. The predicted molar refractivity (Wildman–Crippen MR) is 184 cm³/mol. The second kappa shape index (κ2) is 13.5. The van der Waals surface area contributed by atoms with Crippen molar-refractivity contribution < 1.29 is 27.9 Å². The molecule has 0 spiro atoms. The Balaban J connectivity index is 0.00000213. The third-order valence-corrected chi connectivity index (χ3v) is 9.58. The molecular formula is C40H41O6S-. The van der Waals surface area contributed by atoms with Crippen LogP contribution in [-0.4, -0.2) is 18.6 Å². The fraction of sp³-hybridized carbons (Fsp3) is 0.250. The van der Waals surface area contributed by atoms with E-state index in [-0.39, 0.29) is 53.6 Å². The third kappa shape index (κ3) is 7.15. The molecule has 0 saturated heterocycles. The lowest BCUT2D eigenvalue weighted by Gasteiger charge is -2.23. The van der Waals surface area contributed by atoms with Crippen LogP contribution in [0.5, 0.6) is 23.0 Å². The maximum atomic E-state index is 13.7. The standard InChI is InChI=1S/C38H36O6S.C2H6/c1-22-10-26-18-28-12-23(2)14-30(36(28)40)20-32-16-25(4)17-33(38(32)44-45(42,43)34-8-6-5-7-9-34)21-31-15-24(3)13-29(37(31)41)19-27(11-22)35(26)39;1-2/h5-17,39-41H,18-21H2,1-4H3;1-2H3/p-1. The van der Waals surface area contributed by atoms with Crippen molar-refractivity contribution in [3.8, 4) is 23.0 Å². The van der Waals surface area contributed by atoms with Gasteiger partial charge in [0.25, 0.3) is 0 Å². The van der Waals surface area contributed by atoms with Crippen molar-refractivity contribution in [3.05, 3.63) is 146 Å². The number of hydrogen-bond acceptors (Lipinski definition) is 6. The maximum Gasteiger partial charge on any atom is 0.339 e. The van der Waals surface area contributed by atoms with E-state index in [4.69, 9.17) is 4.18 Å². The van der Waals surface area contributed by atoms with Gasteiger partial charge in [-0.25, -0.2) is 0 Å². The predicted octanol–water partition coefficient (Wildman–Crippen LogP) is 7.88. The van der Waals surface area contributed by atoms with Gasteiger partial charge in [0.1, 0.15) is 22.1 Å². The molecule has 0 unspecified atom stereocenters. The zero-order chi connectivity index (χ0) is 34.0. The molecule has 2 N–H and O–H groups in total. The molecule has 0 aromatic heterocycles. The van der Waals surface area contributed by atoms with Crippen LogP contribution in [0.15, 0.2) is 83.8 Å². The molecule has 0 radical (unpaired) electrons. The molecule has 0 heterocycles. The number of benzene rings is 5. The molecule has 1 aliphatic carbocycles. The fourth-order valence-corrected chi connectivity index (χ4v) is 7.48. The molecule has 1 aliphatic rings. The highest BCUT2D eigenvalue weighted by Gasteiger charge is 2.24. The minimum absolute atomic E-state index is 0.0239. The van der Waals surface area contributed by atoms with E-state index in [1.165, 1.54) is 12.1 Å². The van der Waals surface area contributed by atoms with Crippen molar-refractivity contribution in [3.63, 3.8) is 0 Å². The average Bonchev–Trinajstić information content (AvgIpc) is 3.02. The largest absolute Gasteiger partial charge is 0.872 e. The van der Waals surface area contributed by atoms with E-state index in [2.05, 4.69) is 0 Å². The summed E-state index contributed by atoms with van der Waals surface area (Å²) < 4.78 is 33.1. The van der Waals surface area contributed by atoms with Gasteiger partial charge in [-0.2, -0.15) is 8.42 Å². The number of rotatable bonds is 3. The molecule has 244 valence electrons. The van der Waals surface area contributed by atoms with Gasteiger partial charge < -0.3 is 19.5 Å². The SMILES string of the molecule is CC.Cc1cc2c([O-])c(c1)Cc1cc(C)cc(c1O)Cc1cc(C)cc(c1OS(=O)(=O)c1ccccc1)Cc1cc(C)cc(c1O)C2. The summed E-state index contributed by atoms with van der Waals surface area (Å²) in [6, 6.07) is 22.9. The van der Waals surface area contributed by atoms with Crippen molar-refractivity contribution in [2.75, 3.05) is 0 Å². The number of hydrogen-bond donors (Lipinski definition) is 2. The van der Waals surface area contributed by atoms with E-state index >= 15 is 0 Å². The van der Waals surface area contributed by atoms with E-state index in [1.807, 2.05) is 90.1 Å². The van der Waals surface area contributed by atoms with Gasteiger partial charge in [0.2, 0.25) is 0 Å². The summed E-state index contributed by atoms with van der Waals surface area (Å²) in [5.41, 5.74) is 8.31. The first-order valence-corrected chi connectivity index (χ1v) is 17.3. The van der Waals surface area contributed by atoms with Crippen molar-refractivity contribution in [1.29, 1.82) is 0 Å². The summed E-state index contributed by atoms with van der Waals surface area (Å²) >= 11 is 0. The molecule has 5 aromatic carbocycles. The summed E-state index contributed by atoms with van der Waals surface area (Å²) in [5.74, 6) is 0.187. The zero-order valence-corrected chi connectivity index (χ0v) is 28.6. The van der Waals surface area contributed by atoms with Gasteiger partial charge in [-0.05, 0) is 62.1 Å². The van der Waals surface area contributed by atoms with Crippen LogP contribution >= 0.6 is 0 Å². The van der Waals surface area contributed by atoms with Crippen LogP contribution in [0.1, 0.15) is 80.6 Å². The minimum atomic E-state index is -4.21. The molecule has 0 atom stereocenters. The Hall–Kier alpha value is -4.75. The third-order valence-electron chi connectivity index (χ3n) is 8.35. The van der Waals surface area contributed by atoms with E-state index in [9.17, 15) is 23.7 Å². The molecule has 0 fully saturated rings. The Morgan fingerprint density at radius 2 is 0.872 bits per heavy atom. The molecule has 8 bridgehead atoms. The maximum absolute atomic E-state index is 13.7. The van der Waals surface area contributed by atoms with E-state index in [0.717, 1.165) is 22.3 Å². The monoisotopic (exact) mass is 649 g/mol. The average molecular weight is 650 g/mol. The van der Waals surface area contributed by atoms with Crippen LogP contribution in [0.4, 0.5) is 0 Å². The topological polar surface area (TPSA) is 107 Å². The Morgan fingerprint density at radius 1 is 0.553 bits per heavy atom. The molecule has 0 saturated carbocycles. The van der Waals surface area contributed by atoms with Gasteiger partial charge in [0.05, 0.1) is 0 Å². The van der Waals surface area contributed by atoms with Crippen LogP contribution in [0.25, 0.3) is 0 Å². The molecule has 0 amide bonds. The number of aryl methyl sites for hydroxylation is 4. The van der Waals surface area contributed by atoms with E-state index in [0.29, 0.717) is 44.5 Å². The van der Waals surface area contributed by atoms with Crippen molar-refractivity contribution in [2.24, 2.45) is 0 Å². The normalized spacial score (nSPS) is 12.6. The van der Waals surface area contributed by atoms with Gasteiger partial charge >= 0.3 is 10.1 Å². The van der Waals surface area contributed by atoms with Crippen LogP contribution in [-0.2, 0) is 35.8 Å². The highest BCUT2D eigenvalue weighted by molar-refractivity contribution is 7.87. The second-order valence-electron chi connectivity index (χ2n) is 12.2. The molecular weight excluding hydrogens is 609 g/mol. The smallest absolute Gasteiger partial charge is 0.339 e. The second-order valence-corrected chi connectivity index (χ2v) is 13.8. The van der Waals surface area contributed by atoms with Gasteiger partial charge in [-0.15, -0.1) is 5.75 Å². The first-order valence-electron chi connectivity index (χ1n) is 15.9. The summed E-state index contributed by atoms with van der Waals surface area (Å²) in [7, 11) is -4.21. The summed E-state index contributed by atoms with van der Waals surface area (Å²) in [6.45, 7) is 11.7. The number of phenols is 2. The Labute approximate surface area is 278 Å². The van der Waals surface area contributed by atoms with E-state index < -0.39 is 10.1 Å². The summed E-state index contributed by atoms with van der Waals surface area (Å²) in [4.78, 5) is 0.0239. The molecule has 6 rings (SSSR count). The Kier molecular flexibility index (Phi) is 9.68. The molecule has 7 heteroatoms. The summed E-state index contributed by atoms with van der Waals surface area (Å²) in [6.07, 6.45) is 0.820. The lowest BCUT2D eigenvalue weighted by molar-refractivity contribution is -0.270. The van der Waals surface area contributed by atoms with E-state index in [1.54, 1.807) is 18.2 Å². The van der Waals surface area contributed by atoms with Crippen LogP contribution in [0.3, 0.4) is 0 Å². The molecule has 47 heavy (non-hydrogen) atoms. The number of phenolic OH excluding ortho intramolecular Hbond substituents is 2. The number of aromatic hydroxyl groups is 2. The lowest BCUT2D eigenvalue weighted by Crippen LogP contribution is -2.13. The fourth-order valence-electron chi connectivity index (χ4n) is 6.46. The van der Waals surface area contributed by atoms with Crippen molar-refractivity contribution in [2.45, 2.75) is 72.1 Å². The summed E-state index contributed by atoms with van der Waals surface area (Å²) in [5, 5.41) is 36.8. The highest BCUT2D eigenvalue weighted by atomic mass is 32.2. The van der Waals surface area contributed by atoms with Crippen LogP contribution in [0.2, 0.25) is 0 Å². The molecule has 5 aromatic rings. The van der Waals surface area contributed by atoms with Gasteiger partial charge in [0, 0.05) is 36.8 Å². The highest BCUT2D eigenvalue weighted by Crippen LogP contribution is 2.39. The van der Waals surface area contributed by atoms with Crippen LogP contribution < -0.4 is 9.29 Å². The lowest BCUT2D eigenvalue weighted by atomic mass is 9.89. The van der Waals surface area contributed by atoms with Gasteiger partial charge in [-0.3, -0.25) is 0 Å². The van der Waals surface area contributed by atoms with Crippen molar-refractivity contribution in [1.82, 2.24) is 0 Å². The zero-order valence-electron chi connectivity index (χ0n) is 27.8. The first kappa shape index (κ1) is 33.6. The minimum Gasteiger partial charge on any atom is -0.872 e. The van der Waals surface area contributed by atoms with Gasteiger partial charge in [-0.1, -0.05) is 114 Å².